The monoisotopic (exact) mass is 654 g/mol. The molecule has 5 aromatic rings. The van der Waals surface area contributed by atoms with Crippen molar-refractivity contribution in [3.63, 3.8) is 0 Å². The van der Waals surface area contributed by atoms with Crippen LogP contribution in [0.15, 0.2) is 66.9 Å². The molecule has 3 aromatic carbocycles. The average molecular weight is 655 g/mol. The van der Waals surface area contributed by atoms with E-state index >= 15 is 4.39 Å². The van der Waals surface area contributed by atoms with E-state index in [0.29, 0.717) is 42.4 Å². The van der Waals surface area contributed by atoms with Crippen LogP contribution in [0.3, 0.4) is 0 Å². The van der Waals surface area contributed by atoms with Gasteiger partial charge in [-0.05, 0) is 49.1 Å². The van der Waals surface area contributed by atoms with Gasteiger partial charge in [-0.3, -0.25) is 23.9 Å². The number of esters is 1. The number of aryl methyl sites for hydroxylation is 1. The molecule has 12 heteroatoms. The Kier molecular flexibility index (Phi) is 9.70. The molecule has 2 amide bonds. The highest BCUT2D eigenvalue weighted by Crippen LogP contribution is 2.39. The van der Waals surface area contributed by atoms with Crippen molar-refractivity contribution >= 4 is 39.8 Å². The van der Waals surface area contributed by atoms with E-state index in [9.17, 15) is 14.4 Å². The van der Waals surface area contributed by atoms with Crippen LogP contribution < -0.4 is 0 Å². The van der Waals surface area contributed by atoms with Crippen LogP contribution in [0.1, 0.15) is 43.9 Å². The molecule has 11 nitrogen and oxygen atoms in total. The highest BCUT2D eigenvalue weighted by molar-refractivity contribution is 5.99. The van der Waals surface area contributed by atoms with Crippen LogP contribution in [0.4, 0.5) is 9.18 Å². The summed E-state index contributed by atoms with van der Waals surface area (Å²) in [5, 5.41) is 10.9. The number of fused-ring (bicyclic) bond motifs is 2. The number of ether oxygens (including phenoxy) is 2. The van der Waals surface area contributed by atoms with Crippen molar-refractivity contribution in [3.05, 3.63) is 83.9 Å². The summed E-state index contributed by atoms with van der Waals surface area (Å²) in [6, 6.07) is 18.3. The third-order valence-electron chi connectivity index (χ3n) is 8.93. The van der Waals surface area contributed by atoms with Crippen LogP contribution in [-0.4, -0.2) is 80.1 Å². The Bertz CT molecular complexity index is 1950. The normalized spacial score (nSPS) is 13.6. The molecule has 0 unspecified atom stereocenters. The number of hydrogen-bond donors (Lipinski definition) is 0. The lowest BCUT2D eigenvalue weighted by molar-refractivity contribution is -0.144. The van der Waals surface area contributed by atoms with Gasteiger partial charge in [0.1, 0.15) is 19.0 Å². The van der Waals surface area contributed by atoms with Crippen molar-refractivity contribution < 1.29 is 28.2 Å². The summed E-state index contributed by atoms with van der Waals surface area (Å²) in [7, 11) is 1.82. The largest absolute Gasteiger partial charge is 0.465 e. The number of carbonyl (C=O) groups excluding carboxylic acids is 3. The van der Waals surface area contributed by atoms with Crippen LogP contribution in [-0.2, 0) is 39.3 Å². The summed E-state index contributed by atoms with van der Waals surface area (Å²) in [5.41, 5.74) is 4.35. The highest BCUT2D eigenvalue weighted by Gasteiger charge is 2.29. The minimum atomic E-state index is -0.646. The molecule has 1 aliphatic heterocycles. The minimum absolute atomic E-state index is 0.0282. The summed E-state index contributed by atoms with van der Waals surface area (Å²) < 4.78 is 30.0. The number of piperidine rings is 1. The maximum Gasteiger partial charge on any atom is 0.410 e. The van der Waals surface area contributed by atoms with Gasteiger partial charge in [-0.2, -0.15) is 10.2 Å². The molecule has 0 saturated carbocycles. The smallest absolute Gasteiger partial charge is 0.410 e. The second-order valence-electron chi connectivity index (χ2n) is 12.0. The van der Waals surface area contributed by atoms with Gasteiger partial charge in [-0.25, -0.2) is 9.18 Å². The molecule has 0 spiro atoms. The van der Waals surface area contributed by atoms with E-state index in [1.807, 2.05) is 71.2 Å². The Hall–Kier alpha value is -5.26. The fourth-order valence-corrected chi connectivity index (χ4v) is 6.41. The lowest BCUT2D eigenvalue weighted by Crippen LogP contribution is -2.39. The first kappa shape index (κ1) is 32.7. The molecule has 250 valence electrons. The molecule has 0 N–H and O–H groups in total. The first-order valence-corrected chi connectivity index (χ1v) is 16.2. The van der Waals surface area contributed by atoms with Gasteiger partial charge in [0.05, 0.1) is 36.1 Å². The lowest BCUT2D eigenvalue weighted by atomic mass is 9.89. The number of halogens is 1. The Morgan fingerprint density at radius 3 is 2.48 bits per heavy atom. The lowest BCUT2D eigenvalue weighted by Gasteiger charge is -2.30. The van der Waals surface area contributed by atoms with Crippen LogP contribution >= 0.6 is 0 Å². The summed E-state index contributed by atoms with van der Waals surface area (Å²) in [5.74, 6) is -0.840. The number of nitrogens with zero attached hydrogens (tertiary/aromatic N) is 6. The van der Waals surface area contributed by atoms with Crippen molar-refractivity contribution in [3.8, 4) is 11.1 Å². The molecule has 0 radical (unpaired) electrons. The Balaban J connectivity index is 1.36. The summed E-state index contributed by atoms with van der Waals surface area (Å²) in [4.78, 5) is 41.0. The third kappa shape index (κ3) is 6.87. The van der Waals surface area contributed by atoms with Gasteiger partial charge in [-0.1, -0.05) is 42.5 Å². The summed E-state index contributed by atoms with van der Waals surface area (Å²) in [6.45, 7) is 4.82. The second-order valence-corrected chi connectivity index (χ2v) is 12.0. The van der Waals surface area contributed by atoms with Crippen molar-refractivity contribution in [2.45, 2.75) is 45.8 Å². The van der Waals surface area contributed by atoms with Crippen LogP contribution in [0.5, 0.6) is 0 Å². The predicted molar refractivity (Wildman–Crippen MR) is 178 cm³/mol. The summed E-state index contributed by atoms with van der Waals surface area (Å²) >= 11 is 0. The number of amides is 2. The number of rotatable bonds is 10. The zero-order valence-corrected chi connectivity index (χ0v) is 27.4. The highest BCUT2D eigenvalue weighted by atomic mass is 19.1. The van der Waals surface area contributed by atoms with E-state index < -0.39 is 12.1 Å². The van der Waals surface area contributed by atoms with Gasteiger partial charge in [0.25, 0.3) is 0 Å². The van der Waals surface area contributed by atoms with Gasteiger partial charge >= 0.3 is 12.1 Å². The van der Waals surface area contributed by atoms with E-state index in [-0.39, 0.29) is 50.5 Å². The van der Waals surface area contributed by atoms with Crippen molar-refractivity contribution in [2.75, 3.05) is 32.8 Å². The van der Waals surface area contributed by atoms with Crippen molar-refractivity contribution in [1.29, 1.82) is 0 Å². The predicted octanol–water partition coefficient (Wildman–Crippen LogP) is 5.66. The fraction of sp³-hybridized carbons (Fsp3) is 0.361. The number of carbonyl (C=O) groups is 3. The van der Waals surface area contributed by atoms with Crippen molar-refractivity contribution in [2.24, 2.45) is 7.05 Å². The van der Waals surface area contributed by atoms with E-state index in [1.54, 1.807) is 24.7 Å². The second kappa shape index (κ2) is 14.2. The summed E-state index contributed by atoms with van der Waals surface area (Å²) in [6.07, 6.45) is 2.42. The van der Waals surface area contributed by atoms with Gasteiger partial charge in [0.2, 0.25) is 5.91 Å². The minimum Gasteiger partial charge on any atom is -0.465 e. The van der Waals surface area contributed by atoms with E-state index in [0.717, 1.165) is 27.7 Å². The van der Waals surface area contributed by atoms with E-state index in [1.165, 1.54) is 11.0 Å². The number of benzene rings is 3. The molecule has 48 heavy (non-hydrogen) atoms. The van der Waals surface area contributed by atoms with Crippen molar-refractivity contribution in [1.82, 2.24) is 29.4 Å². The molecule has 0 aliphatic carbocycles. The molecular formula is C36H39FN6O5. The fourth-order valence-electron chi connectivity index (χ4n) is 6.41. The zero-order chi connectivity index (χ0) is 33.8. The first-order valence-electron chi connectivity index (χ1n) is 16.2. The van der Waals surface area contributed by atoms with Gasteiger partial charge in [0.15, 0.2) is 0 Å². The molecule has 3 heterocycles. The molecule has 1 fully saturated rings. The zero-order valence-electron chi connectivity index (χ0n) is 27.4. The molecular weight excluding hydrogens is 615 g/mol. The average Bonchev–Trinajstić information content (AvgIpc) is 3.65. The number of aromatic nitrogens is 4. The van der Waals surface area contributed by atoms with Crippen LogP contribution in [0.2, 0.25) is 0 Å². The van der Waals surface area contributed by atoms with E-state index in [4.69, 9.17) is 14.6 Å². The molecule has 1 saturated heterocycles. The topological polar surface area (TPSA) is 112 Å². The maximum atomic E-state index is 15.8. The quantitative estimate of drug-likeness (QED) is 0.179. The molecule has 1 aliphatic rings. The number of likely N-dealkylation sites (tertiary alicyclic amines) is 1. The van der Waals surface area contributed by atoms with Gasteiger partial charge in [-0.15, -0.1) is 0 Å². The molecule has 0 atom stereocenters. The van der Waals surface area contributed by atoms with Crippen LogP contribution in [0, 0.1) is 5.82 Å². The van der Waals surface area contributed by atoms with E-state index in [2.05, 4.69) is 5.10 Å². The Morgan fingerprint density at radius 2 is 1.75 bits per heavy atom. The first-order chi connectivity index (χ1) is 23.2. The van der Waals surface area contributed by atoms with Gasteiger partial charge in [0, 0.05) is 55.9 Å². The molecule has 2 aromatic heterocycles. The van der Waals surface area contributed by atoms with Gasteiger partial charge < -0.3 is 14.4 Å². The van der Waals surface area contributed by atoms with Crippen LogP contribution in [0.25, 0.3) is 32.9 Å². The maximum absolute atomic E-state index is 15.8. The SMILES string of the molecule is CCOC(=O)CN(CCn1nc(C2CCN(C(C)=O)CC2)c2c(-c3cc4c(cnn4C)cc3F)cccc21)C(=O)OCc1ccccc1. The molecule has 6 rings (SSSR count). The number of hydrogen-bond acceptors (Lipinski definition) is 7. The Morgan fingerprint density at radius 1 is 0.979 bits per heavy atom. The third-order valence-corrected chi connectivity index (χ3v) is 8.93. The Labute approximate surface area is 277 Å². The standard InChI is InChI=1S/C36H39FN6O5/c1-4-47-33(45)22-42(36(46)48-23-25-9-6-5-7-10-25)17-18-43-31-12-8-11-28(29-20-32-27(19-30(29)37)21-38-40(32)3)34(31)35(39-43)26-13-15-41(16-14-26)24(2)44/h5-12,19-21,26H,4,13-18,22-23H2,1-3H3. The molecule has 0 bridgehead atoms.